The minimum absolute atomic E-state index is 0.104. The molecule has 2 aromatic heterocycles. The minimum atomic E-state index is 0.104. The average molecular weight is 531 g/mol. The maximum atomic E-state index is 13.7. The van der Waals surface area contributed by atoms with E-state index in [9.17, 15) is 9.59 Å². The molecule has 4 rings (SSSR count). The molecule has 3 aromatic rings. The number of nitrogens with zero attached hydrogens (tertiary/aromatic N) is 6. The monoisotopic (exact) mass is 530 g/mol. The standard InChI is InChI=1S/C31H42N6O2/c1-23(2)21-31(39)37-18-10-17-35(29-13-8-9-16-32-29)19-20-36(22-26-11-6-7-12-28(26)37)30(38)15-14-27-24(3)33-34(5)25(27)4/h6-9,11-13,16,23H,10,14-15,17-22H2,1-5H3. The molecule has 1 aliphatic heterocycles. The first kappa shape index (κ1) is 28.3. The van der Waals surface area contributed by atoms with Gasteiger partial charge in [0.25, 0.3) is 0 Å². The van der Waals surface area contributed by atoms with E-state index in [2.05, 4.69) is 41.8 Å². The van der Waals surface area contributed by atoms with Crippen molar-refractivity contribution in [1.82, 2.24) is 19.7 Å². The second-order valence-corrected chi connectivity index (χ2v) is 10.9. The number of hydrogen-bond donors (Lipinski definition) is 0. The molecule has 1 aromatic carbocycles. The Bertz CT molecular complexity index is 1270. The zero-order valence-corrected chi connectivity index (χ0v) is 24.1. The van der Waals surface area contributed by atoms with Crippen LogP contribution in [0.4, 0.5) is 11.5 Å². The minimum Gasteiger partial charge on any atom is -0.355 e. The van der Waals surface area contributed by atoms with Crippen molar-refractivity contribution in [3.05, 3.63) is 71.2 Å². The fourth-order valence-electron chi connectivity index (χ4n) is 5.36. The summed E-state index contributed by atoms with van der Waals surface area (Å²) in [6.45, 7) is 11.3. The van der Waals surface area contributed by atoms with Gasteiger partial charge in [0.15, 0.2) is 0 Å². The van der Waals surface area contributed by atoms with Crippen LogP contribution in [0.1, 0.15) is 55.6 Å². The van der Waals surface area contributed by atoms with Gasteiger partial charge in [0.2, 0.25) is 11.8 Å². The van der Waals surface area contributed by atoms with Gasteiger partial charge in [0.05, 0.1) is 5.69 Å². The Hall–Kier alpha value is -3.68. The highest BCUT2D eigenvalue weighted by molar-refractivity contribution is 5.94. The molecule has 0 N–H and O–H groups in total. The third-order valence-electron chi connectivity index (χ3n) is 7.55. The lowest BCUT2D eigenvalue weighted by Crippen LogP contribution is -2.39. The largest absolute Gasteiger partial charge is 0.355 e. The Morgan fingerprint density at radius 2 is 1.72 bits per heavy atom. The summed E-state index contributed by atoms with van der Waals surface area (Å²) >= 11 is 0. The van der Waals surface area contributed by atoms with Crippen LogP contribution in [0.25, 0.3) is 0 Å². The Kier molecular flexibility index (Phi) is 9.38. The summed E-state index contributed by atoms with van der Waals surface area (Å²) in [6, 6.07) is 14.0. The molecule has 8 heteroatoms. The van der Waals surface area contributed by atoms with Crippen LogP contribution in [0, 0.1) is 19.8 Å². The first-order valence-electron chi connectivity index (χ1n) is 14.1. The van der Waals surface area contributed by atoms with Gasteiger partial charge >= 0.3 is 0 Å². The fourth-order valence-corrected chi connectivity index (χ4v) is 5.36. The molecule has 0 fully saturated rings. The number of benzene rings is 1. The van der Waals surface area contributed by atoms with E-state index in [1.54, 1.807) is 6.20 Å². The van der Waals surface area contributed by atoms with Crippen LogP contribution < -0.4 is 9.80 Å². The first-order valence-corrected chi connectivity index (χ1v) is 14.1. The average Bonchev–Trinajstić information content (AvgIpc) is 3.14. The summed E-state index contributed by atoms with van der Waals surface area (Å²) in [6.07, 6.45) is 4.17. The molecule has 0 atom stereocenters. The third kappa shape index (κ3) is 7.05. The zero-order chi connectivity index (χ0) is 27.9. The number of anilines is 2. The Morgan fingerprint density at radius 3 is 2.41 bits per heavy atom. The van der Waals surface area contributed by atoms with Crippen molar-refractivity contribution in [1.29, 1.82) is 0 Å². The van der Waals surface area contributed by atoms with E-state index in [0.29, 0.717) is 45.4 Å². The quantitative estimate of drug-likeness (QED) is 0.463. The number of amides is 2. The molecule has 1 aliphatic rings. The molecule has 0 radical (unpaired) electrons. The molecule has 0 spiro atoms. The molecule has 0 unspecified atom stereocenters. The Balaban J connectivity index is 1.64. The van der Waals surface area contributed by atoms with Crippen molar-refractivity contribution >= 4 is 23.3 Å². The summed E-state index contributed by atoms with van der Waals surface area (Å²) in [5.41, 5.74) is 5.13. The Labute approximate surface area is 232 Å². The van der Waals surface area contributed by atoms with Gasteiger partial charge in [0.1, 0.15) is 5.82 Å². The molecular formula is C31H42N6O2. The Morgan fingerprint density at radius 1 is 0.949 bits per heavy atom. The van der Waals surface area contributed by atoms with E-state index in [0.717, 1.165) is 47.0 Å². The van der Waals surface area contributed by atoms with Gasteiger partial charge < -0.3 is 14.7 Å². The van der Waals surface area contributed by atoms with Gasteiger partial charge in [-0.1, -0.05) is 38.1 Å². The van der Waals surface area contributed by atoms with Crippen LogP contribution in [0.15, 0.2) is 48.7 Å². The van der Waals surface area contributed by atoms with Crippen molar-refractivity contribution in [2.75, 3.05) is 36.0 Å². The zero-order valence-electron chi connectivity index (χ0n) is 24.1. The highest BCUT2D eigenvalue weighted by atomic mass is 16.2. The second kappa shape index (κ2) is 12.9. The number of pyridine rings is 1. The lowest BCUT2D eigenvalue weighted by atomic mass is 10.1. The smallest absolute Gasteiger partial charge is 0.227 e. The summed E-state index contributed by atoms with van der Waals surface area (Å²) < 4.78 is 1.88. The van der Waals surface area contributed by atoms with Gasteiger partial charge in [-0.3, -0.25) is 14.3 Å². The molecule has 8 nitrogen and oxygen atoms in total. The lowest BCUT2D eigenvalue weighted by molar-refractivity contribution is -0.131. The van der Waals surface area contributed by atoms with E-state index in [1.165, 1.54) is 0 Å². The van der Waals surface area contributed by atoms with Crippen molar-refractivity contribution in [3.8, 4) is 0 Å². The maximum absolute atomic E-state index is 13.7. The highest BCUT2D eigenvalue weighted by Gasteiger charge is 2.24. The van der Waals surface area contributed by atoms with E-state index in [1.807, 2.05) is 64.9 Å². The fraction of sp³-hybridized carbons (Fsp3) is 0.484. The second-order valence-electron chi connectivity index (χ2n) is 10.9. The molecule has 0 saturated carbocycles. The number of carbonyl (C=O) groups excluding carboxylic acids is 2. The maximum Gasteiger partial charge on any atom is 0.227 e. The van der Waals surface area contributed by atoms with E-state index >= 15 is 0 Å². The van der Waals surface area contributed by atoms with Crippen LogP contribution in [-0.2, 0) is 29.6 Å². The molecule has 208 valence electrons. The van der Waals surface area contributed by atoms with Gasteiger partial charge in [-0.2, -0.15) is 5.10 Å². The van der Waals surface area contributed by atoms with Crippen molar-refractivity contribution in [2.45, 2.75) is 59.9 Å². The van der Waals surface area contributed by atoms with Crippen LogP contribution in [0.5, 0.6) is 0 Å². The number of carbonyl (C=O) groups is 2. The predicted molar refractivity (Wildman–Crippen MR) is 156 cm³/mol. The first-order chi connectivity index (χ1) is 18.7. The van der Waals surface area contributed by atoms with Crippen molar-refractivity contribution < 1.29 is 9.59 Å². The van der Waals surface area contributed by atoms with Crippen LogP contribution in [0.2, 0.25) is 0 Å². The predicted octanol–water partition coefficient (Wildman–Crippen LogP) is 4.68. The number of aromatic nitrogens is 3. The van der Waals surface area contributed by atoms with Crippen LogP contribution in [-0.4, -0.2) is 57.7 Å². The normalized spacial score (nSPS) is 14.8. The van der Waals surface area contributed by atoms with Gasteiger partial charge in [-0.25, -0.2) is 4.98 Å². The lowest BCUT2D eigenvalue weighted by Gasteiger charge is -2.29. The molecule has 0 saturated heterocycles. The number of rotatable bonds is 6. The van der Waals surface area contributed by atoms with Gasteiger partial charge in [-0.05, 0) is 61.9 Å². The summed E-state index contributed by atoms with van der Waals surface area (Å²) in [5, 5.41) is 4.52. The van der Waals surface area contributed by atoms with Crippen LogP contribution in [0.3, 0.4) is 0 Å². The van der Waals surface area contributed by atoms with E-state index in [4.69, 9.17) is 0 Å². The van der Waals surface area contributed by atoms with Crippen LogP contribution >= 0.6 is 0 Å². The SMILES string of the molecule is Cc1nn(C)c(C)c1CCC(=O)N1CCN(c2ccccn2)CCCN(C(=O)CC(C)C)c2ccccc2C1. The molecular weight excluding hydrogens is 488 g/mol. The highest BCUT2D eigenvalue weighted by Crippen LogP contribution is 2.26. The number of fused-ring (bicyclic) bond motifs is 1. The summed E-state index contributed by atoms with van der Waals surface area (Å²) in [7, 11) is 1.94. The number of para-hydroxylation sites is 1. The molecule has 39 heavy (non-hydrogen) atoms. The van der Waals surface area contributed by atoms with Crippen molar-refractivity contribution in [3.63, 3.8) is 0 Å². The van der Waals surface area contributed by atoms with Crippen molar-refractivity contribution in [2.24, 2.45) is 13.0 Å². The molecule has 2 amide bonds. The van der Waals surface area contributed by atoms with E-state index in [-0.39, 0.29) is 17.7 Å². The van der Waals surface area contributed by atoms with Gasteiger partial charge in [0, 0.05) is 70.2 Å². The third-order valence-corrected chi connectivity index (χ3v) is 7.55. The summed E-state index contributed by atoms with van der Waals surface area (Å²) in [4.78, 5) is 37.9. The topological polar surface area (TPSA) is 74.6 Å². The summed E-state index contributed by atoms with van der Waals surface area (Å²) in [5.74, 6) is 1.39. The molecule has 0 aliphatic carbocycles. The number of aryl methyl sites for hydroxylation is 2. The van der Waals surface area contributed by atoms with Gasteiger partial charge in [-0.15, -0.1) is 0 Å². The van der Waals surface area contributed by atoms with E-state index < -0.39 is 0 Å². The molecule has 3 heterocycles. The molecule has 0 bridgehead atoms. The number of hydrogen-bond acceptors (Lipinski definition) is 5.